The SMILES string of the molecule is CC(C)=CCOS(=O)[O-]. The van der Waals surface area contributed by atoms with Crippen molar-refractivity contribution in [2.45, 2.75) is 13.8 Å². The number of rotatable bonds is 3. The molecule has 9 heavy (non-hydrogen) atoms. The Kier molecular flexibility index (Phi) is 4.57. The van der Waals surface area contributed by atoms with Crippen LogP contribution >= 0.6 is 0 Å². The van der Waals surface area contributed by atoms with E-state index in [0.717, 1.165) is 5.57 Å². The Morgan fingerprint density at radius 1 is 1.78 bits per heavy atom. The van der Waals surface area contributed by atoms with Crippen molar-refractivity contribution in [2.75, 3.05) is 6.61 Å². The lowest BCUT2D eigenvalue weighted by molar-refractivity contribution is 0.333. The molecule has 0 aromatic rings. The number of hydrogen-bond acceptors (Lipinski definition) is 3. The molecular formula is C5H9O3S-. The van der Waals surface area contributed by atoms with Crippen molar-refractivity contribution in [3.8, 4) is 0 Å². The third kappa shape index (κ3) is 7.81. The summed E-state index contributed by atoms with van der Waals surface area (Å²) in [7, 11) is 0. The molecular weight excluding hydrogens is 140 g/mol. The van der Waals surface area contributed by atoms with Crippen LogP contribution in [0.1, 0.15) is 13.8 Å². The smallest absolute Gasteiger partial charge is 0.0845 e. The van der Waals surface area contributed by atoms with Gasteiger partial charge in [0.05, 0.1) is 18.0 Å². The summed E-state index contributed by atoms with van der Waals surface area (Å²) in [5.74, 6) is 0. The largest absolute Gasteiger partial charge is 0.750 e. The maximum Gasteiger partial charge on any atom is 0.0845 e. The third-order valence-electron chi connectivity index (χ3n) is 0.656. The topological polar surface area (TPSA) is 49.4 Å². The maximum atomic E-state index is 9.73. The van der Waals surface area contributed by atoms with E-state index in [0.29, 0.717) is 0 Å². The molecule has 54 valence electrons. The molecule has 0 aromatic heterocycles. The molecule has 0 saturated heterocycles. The first-order chi connectivity index (χ1) is 4.13. The Bertz CT molecular complexity index is 126. The van der Waals surface area contributed by atoms with E-state index in [1.165, 1.54) is 0 Å². The van der Waals surface area contributed by atoms with Crippen molar-refractivity contribution in [3.63, 3.8) is 0 Å². The van der Waals surface area contributed by atoms with Crippen LogP contribution in [0.15, 0.2) is 11.6 Å². The second-order valence-electron chi connectivity index (χ2n) is 1.77. The molecule has 0 fully saturated rings. The fraction of sp³-hybridized carbons (Fsp3) is 0.600. The summed E-state index contributed by atoms with van der Waals surface area (Å²) >= 11 is -2.38. The molecule has 0 aliphatic heterocycles. The average molecular weight is 149 g/mol. The van der Waals surface area contributed by atoms with E-state index in [1.54, 1.807) is 6.08 Å². The van der Waals surface area contributed by atoms with E-state index in [-0.39, 0.29) is 6.61 Å². The summed E-state index contributed by atoms with van der Waals surface area (Å²) in [4.78, 5) is 0. The molecule has 1 atom stereocenters. The average Bonchev–Trinajstić information content (AvgIpc) is 1.63. The summed E-state index contributed by atoms with van der Waals surface area (Å²) in [6.45, 7) is 3.88. The van der Waals surface area contributed by atoms with Gasteiger partial charge in [-0.3, -0.25) is 4.18 Å². The minimum absolute atomic E-state index is 0.137. The quantitative estimate of drug-likeness (QED) is 0.439. The molecule has 3 nitrogen and oxygen atoms in total. The van der Waals surface area contributed by atoms with Gasteiger partial charge >= 0.3 is 0 Å². The van der Waals surface area contributed by atoms with Gasteiger partial charge in [-0.2, -0.15) is 0 Å². The highest BCUT2D eigenvalue weighted by Crippen LogP contribution is 1.88. The fourth-order valence-corrected chi connectivity index (χ4v) is 0.435. The third-order valence-corrected chi connectivity index (χ3v) is 0.984. The lowest BCUT2D eigenvalue weighted by Crippen LogP contribution is -1.94. The number of hydrogen-bond donors (Lipinski definition) is 0. The molecule has 0 aliphatic rings. The molecule has 0 amide bonds. The molecule has 0 rings (SSSR count). The van der Waals surface area contributed by atoms with Crippen LogP contribution in [0.5, 0.6) is 0 Å². The van der Waals surface area contributed by atoms with Gasteiger partial charge in [0.2, 0.25) is 0 Å². The Morgan fingerprint density at radius 3 is 2.67 bits per heavy atom. The molecule has 0 radical (unpaired) electrons. The van der Waals surface area contributed by atoms with E-state index in [4.69, 9.17) is 0 Å². The summed E-state index contributed by atoms with van der Waals surface area (Å²) in [6.07, 6.45) is 1.69. The minimum Gasteiger partial charge on any atom is -0.750 e. The van der Waals surface area contributed by atoms with Crippen LogP contribution in [-0.2, 0) is 15.5 Å². The molecule has 0 spiro atoms. The number of allylic oxidation sites excluding steroid dienone is 1. The fourth-order valence-electron chi connectivity index (χ4n) is 0.256. The second kappa shape index (κ2) is 4.67. The highest BCUT2D eigenvalue weighted by molar-refractivity contribution is 7.74. The van der Waals surface area contributed by atoms with Crippen LogP contribution in [0.4, 0.5) is 0 Å². The lowest BCUT2D eigenvalue weighted by atomic mass is 10.3. The van der Waals surface area contributed by atoms with Crippen LogP contribution < -0.4 is 0 Å². The molecule has 0 N–H and O–H groups in total. The van der Waals surface area contributed by atoms with Crippen molar-refractivity contribution >= 4 is 11.4 Å². The minimum atomic E-state index is -2.38. The van der Waals surface area contributed by atoms with E-state index >= 15 is 0 Å². The van der Waals surface area contributed by atoms with Crippen LogP contribution in [0.2, 0.25) is 0 Å². The van der Waals surface area contributed by atoms with Gasteiger partial charge in [-0.15, -0.1) is 0 Å². The first-order valence-corrected chi connectivity index (χ1v) is 3.49. The molecule has 1 unspecified atom stereocenters. The van der Waals surface area contributed by atoms with Crippen molar-refractivity contribution in [3.05, 3.63) is 11.6 Å². The van der Waals surface area contributed by atoms with Gasteiger partial charge in [0, 0.05) is 0 Å². The van der Waals surface area contributed by atoms with Gasteiger partial charge in [-0.25, -0.2) is 4.21 Å². The van der Waals surface area contributed by atoms with E-state index in [1.807, 2.05) is 13.8 Å². The van der Waals surface area contributed by atoms with E-state index in [2.05, 4.69) is 4.18 Å². The second-order valence-corrected chi connectivity index (χ2v) is 2.41. The summed E-state index contributed by atoms with van der Waals surface area (Å²) in [6, 6.07) is 0. The highest BCUT2D eigenvalue weighted by Gasteiger charge is 1.79. The zero-order valence-electron chi connectivity index (χ0n) is 5.42. The standard InChI is InChI=1S/C5H10O3S/c1-5(2)3-4-8-9(6)7/h3H,4H2,1-2H3,(H,6,7)/p-1. The van der Waals surface area contributed by atoms with Gasteiger partial charge in [0.1, 0.15) is 0 Å². The zero-order valence-corrected chi connectivity index (χ0v) is 6.23. The predicted molar refractivity (Wildman–Crippen MR) is 34.3 cm³/mol. The Labute approximate surface area is 57.2 Å². The monoisotopic (exact) mass is 149 g/mol. The highest BCUT2D eigenvalue weighted by atomic mass is 32.2. The summed E-state index contributed by atoms with van der Waals surface area (Å²) in [5, 5.41) is 0. The Balaban J connectivity index is 3.31. The Morgan fingerprint density at radius 2 is 2.33 bits per heavy atom. The van der Waals surface area contributed by atoms with E-state index in [9.17, 15) is 8.76 Å². The maximum absolute atomic E-state index is 9.73. The Hall–Kier alpha value is -0.190. The van der Waals surface area contributed by atoms with Crippen molar-refractivity contribution < 1.29 is 12.9 Å². The molecule has 0 bridgehead atoms. The molecule has 0 heterocycles. The first kappa shape index (κ1) is 8.81. The van der Waals surface area contributed by atoms with Gasteiger partial charge < -0.3 is 4.55 Å². The van der Waals surface area contributed by atoms with Crippen LogP contribution in [-0.4, -0.2) is 15.4 Å². The van der Waals surface area contributed by atoms with Gasteiger partial charge in [-0.05, 0) is 13.8 Å². The van der Waals surface area contributed by atoms with Crippen molar-refractivity contribution in [1.29, 1.82) is 0 Å². The first-order valence-electron chi connectivity index (χ1n) is 2.49. The van der Waals surface area contributed by atoms with Crippen LogP contribution in [0, 0.1) is 0 Å². The molecule has 0 aliphatic carbocycles. The summed E-state index contributed by atoms with van der Waals surface area (Å²) in [5.41, 5.74) is 1.04. The molecule has 0 saturated carbocycles. The normalized spacial score (nSPS) is 12.8. The predicted octanol–water partition coefficient (Wildman–Crippen LogP) is 0.763. The van der Waals surface area contributed by atoms with Gasteiger partial charge in [-0.1, -0.05) is 11.6 Å². The summed E-state index contributed by atoms with van der Waals surface area (Å²) < 4.78 is 23.7. The van der Waals surface area contributed by atoms with Crippen LogP contribution in [0.3, 0.4) is 0 Å². The van der Waals surface area contributed by atoms with Crippen molar-refractivity contribution in [1.82, 2.24) is 0 Å². The van der Waals surface area contributed by atoms with Crippen LogP contribution in [0.25, 0.3) is 0 Å². The zero-order chi connectivity index (χ0) is 7.28. The van der Waals surface area contributed by atoms with Gasteiger partial charge in [0.25, 0.3) is 0 Å². The van der Waals surface area contributed by atoms with Gasteiger partial charge in [0.15, 0.2) is 0 Å². The molecule has 0 aromatic carbocycles. The van der Waals surface area contributed by atoms with Crippen molar-refractivity contribution in [2.24, 2.45) is 0 Å². The molecule has 4 heteroatoms. The van der Waals surface area contributed by atoms with E-state index < -0.39 is 11.4 Å². The lowest BCUT2D eigenvalue weighted by Gasteiger charge is -2.01.